The van der Waals surface area contributed by atoms with Crippen LogP contribution in [-0.2, 0) is 22.2 Å². The quantitative estimate of drug-likeness (QED) is 0.853. The third-order valence-electron chi connectivity index (χ3n) is 5.56. The Hall–Kier alpha value is -1.20. The average molecular weight is 377 g/mol. The first-order valence-corrected chi connectivity index (χ1v) is 11.0. The molecular weight excluding hydrogens is 344 g/mol. The van der Waals surface area contributed by atoms with Crippen molar-refractivity contribution in [1.29, 1.82) is 0 Å². The van der Waals surface area contributed by atoms with Crippen molar-refractivity contribution in [3.8, 4) is 0 Å². The van der Waals surface area contributed by atoms with Gasteiger partial charge in [-0.25, -0.2) is 8.93 Å². The van der Waals surface area contributed by atoms with Gasteiger partial charge in [0.2, 0.25) is 5.91 Å². The topological polar surface area (TPSA) is 49.4 Å². The molecule has 1 aliphatic heterocycles. The van der Waals surface area contributed by atoms with Gasteiger partial charge in [-0.05, 0) is 64.2 Å². The number of hydrogen-bond donors (Lipinski definition) is 1. The van der Waals surface area contributed by atoms with E-state index in [2.05, 4.69) is 22.9 Å². The lowest BCUT2D eigenvalue weighted by molar-refractivity contribution is -0.123. The number of nitrogens with zero attached hydrogens (tertiary/aromatic N) is 1. The van der Waals surface area contributed by atoms with Gasteiger partial charge < -0.3 is 4.90 Å². The average Bonchev–Trinajstić information content (AvgIpc) is 3.04. The van der Waals surface area contributed by atoms with E-state index in [-0.39, 0.29) is 16.7 Å². The van der Waals surface area contributed by atoms with E-state index in [1.54, 1.807) is 0 Å². The lowest BCUT2D eigenvalue weighted by atomic mass is 9.88. The van der Waals surface area contributed by atoms with Crippen LogP contribution in [0, 0.1) is 5.92 Å². The summed E-state index contributed by atoms with van der Waals surface area (Å²) in [5, 5.41) is 0. The zero-order valence-electron chi connectivity index (χ0n) is 16.5. The number of carbonyl (C=O) groups excluding carboxylic acids is 1. The molecule has 1 heterocycles. The van der Waals surface area contributed by atoms with Crippen molar-refractivity contribution in [3.05, 3.63) is 29.3 Å². The molecule has 0 saturated heterocycles. The molecular formula is C21H32N2O2S. The Bertz CT molecular complexity index is 690. The van der Waals surface area contributed by atoms with E-state index in [4.69, 9.17) is 0 Å². The van der Waals surface area contributed by atoms with Crippen molar-refractivity contribution in [3.63, 3.8) is 0 Å². The fourth-order valence-electron chi connectivity index (χ4n) is 3.90. The van der Waals surface area contributed by atoms with Crippen molar-refractivity contribution < 1.29 is 9.00 Å². The van der Waals surface area contributed by atoms with Crippen molar-refractivity contribution in [2.45, 2.75) is 77.0 Å². The highest BCUT2D eigenvalue weighted by atomic mass is 32.2. The Labute approximate surface area is 160 Å². The molecule has 1 aromatic carbocycles. The summed E-state index contributed by atoms with van der Waals surface area (Å²) in [6.07, 6.45) is 6.64. The van der Waals surface area contributed by atoms with Gasteiger partial charge in [-0.3, -0.25) is 4.79 Å². The first-order valence-electron chi connectivity index (χ1n) is 9.89. The Morgan fingerprint density at radius 2 is 1.92 bits per heavy atom. The zero-order chi connectivity index (χ0) is 18.9. The fourth-order valence-corrected chi connectivity index (χ4v) is 4.71. The Balaban J connectivity index is 1.71. The van der Waals surface area contributed by atoms with Crippen LogP contribution in [0.3, 0.4) is 0 Å². The summed E-state index contributed by atoms with van der Waals surface area (Å²) in [5.41, 5.74) is 3.45. The number of benzene rings is 1. The summed E-state index contributed by atoms with van der Waals surface area (Å²) in [5.74, 6) is 0.528. The van der Waals surface area contributed by atoms with Crippen molar-refractivity contribution in [1.82, 2.24) is 4.72 Å². The summed E-state index contributed by atoms with van der Waals surface area (Å²) in [6.45, 7) is 8.76. The van der Waals surface area contributed by atoms with Crippen molar-refractivity contribution >= 4 is 22.6 Å². The predicted molar refractivity (Wildman–Crippen MR) is 109 cm³/mol. The number of hydrogen-bond acceptors (Lipinski definition) is 2. The van der Waals surface area contributed by atoms with Crippen LogP contribution < -0.4 is 9.62 Å². The zero-order valence-corrected chi connectivity index (χ0v) is 17.3. The summed E-state index contributed by atoms with van der Waals surface area (Å²) < 4.78 is 15.3. The van der Waals surface area contributed by atoms with Gasteiger partial charge in [-0.15, -0.1) is 0 Å². The van der Waals surface area contributed by atoms with Crippen molar-refractivity contribution in [2.24, 2.45) is 5.92 Å². The van der Waals surface area contributed by atoms with Crippen LogP contribution in [0.5, 0.6) is 0 Å². The Morgan fingerprint density at radius 1 is 1.23 bits per heavy atom. The summed E-state index contributed by atoms with van der Waals surface area (Å²) in [7, 11) is -1.10. The van der Waals surface area contributed by atoms with Crippen molar-refractivity contribution in [2.75, 3.05) is 11.4 Å². The normalized spacial score (nSPS) is 20.7. The number of anilines is 1. The summed E-state index contributed by atoms with van der Waals surface area (Å²) >= 11 is 0. The Kier molecular flexibility index (Phi) is 5.88. The molecule has 3 rings (SSSR count). The minimum Gasteiger partial charge on any atom is -0.312 e. The first-order chi connectivity index (χ1) is 12.3. The smallest absolute Gasteiger partial charge is 0.230 e. The number of carbonyl (C=O) groups is 1. The maximum atomic E-state index is 12.9. The van der Waals surface area contributed by atoms with E-state index in [1.807, 2.05) is 32.6 Å². The maximum Gasteiger partial charge on any atom is 0.230 e. The van der Waals surface area contributed by atoms with E-state index in [0.29, 0.717) is 5.91 Å². The molecule has 5 heteroatoms. The van der Waals surface area contributed by atoms with Gasteiger partial charge in [-0.2, -0.15) is 0 Å². The van der Waals surface area contributed by atoms with Gasteiger partial charge >= 0.3 is 0 Å². The molecule has 1 N–H and O–H groups in total. The lowest BCUT2D eigenvalue weighted by Gasteiger charge is -2.27. The molecule has 1 aromatic rings. The highest BCUT2D eigenvalue weighted by molar-refractivity contribution is 7.84. The molecule has 0 spiro atoms. The van der Waals surface area contributed by atoms with Gasteiger partial charge in [0.25, 0.3) is 0 Å². The van der Waals surface area contributed by atoms with Gasteiger partial charge in [0.1, 0.15) is 0 Å². The Morgan fingerprint density at radius 3 is 2.58 bits per heavy atom. The number of amides is 1. The minimum atomic E-state index is -1.10. The minimum absolute atomic E-state index is 0.0171. The van der Waals surface area contributed by atoms with Crippen LogP contribution in [0.25, 0.3) is 0 Å². The third-order valence-corrected chi connectivity index (χ3v) is 7.24. The third kappa shape index (κ3) is 4.20. The fraction of sp³-hybridized carbons (Fsp3) is 0.667. The number of rotatable bonds is 4. The SMILES string of the molecule is CC(N[S@](=O)C(C)(C)C)c1ccc2c(c1)CCN2C(=O)C1CCCCC1. The molecule has 0 radical (unpaired) electrons. The second kappa shape index (κ2) is 7.81. The largest absolute Gasteiger partial charge is 0.312 e. The molecule has 4 nitrogen and oxygen atoms in total. The number of nitrogens with one attached hydrogen (secondary N) is 1. The van der Waals surface area contributed by atoms with E-state index in [9.17, 15) is 9.00 Å². The van der Waals surface area contributed by atoms with E-state index < -0.39 is 11.0 Å². The second-order valence-electron chi connectivity index (χ2n) is 8.68. The molecule has 1 fully saturated rings. The van der Waals surface area contributed by atoms with Crippen LogP contribution in [0.2, 0.25) is 0 Å². The van der Waals surface area contributed by atoms with Gasteiger partial charge in [0.05, 0.1) is 15.7 Å². The standard InChI is InChI=1S/C21H32N2O2S/c1-15(22-26(25)21(2,3)4)17-10-11-19-18(14-17)12-13-23(19)20(24)16-8-6-5-7-9-16/h10-11,14-16,22H,5-9,12-13H2,1-4H3/t15?,26-/m1/s1. The van der Waals surface area contributed by atoms with Gasteiger partial charge in [0, 0.05) is 24.2 Å². The molecule has 1 aliphatic carbocycles. The predicted octanol–water partition coefficient (Wildman–Crippen LogP) is 4.27. The van der Waals surface area contributed by atoms with Crippen LogP contribution in [0.15, 0.2) is 18.2 Å². The molecule has 0 aromatic heterocycles. The molecule has 26 heavy (non-hydrogen) atoms. The van der Waals surface area contributed by atoms with Crippen LogP contribution in [0.1, 0.15) is 77.0 Å². The maximum absolute atomic E-state index is 12.9. The van der Waals surface area contributed by atoms with Crippen LogP contribution in [0.4, 0.5) is 5.69 Å². The molecule has 2 aliphatic rings. The van der Waals surface area contributed by atoms with E-state index in [1.165, 1.54) is 24.8 Å². The molecule has 2 atom stereocenters. The van der Waals surface area contributed by atoms with E-state index in [0.717, 1.165) is 37.1 Å². The van der Waals surface area contributed by atoms with Gasteiger partial charge in [-0.1, -0.05) is 31.4 Å². The molecule has 1 unspecified atom stereocenters. The van der Waals surface area contributed by atoms with Gasteiger partial charge in [0.15, 0.2) is 0 Å². The second-order valence-corrected chi connectivity index (χ2v) is 10.7. The van der Waals surface area contributed by atoms with E-state index >= 15 is 0 Å². The number of fused-ring (bicyclic) bond motifs is 1. The molecule has 0 bridgehead atoms. The highest BCUT2D eigenvalue weighted by Crippen LogP contribution is 2.34. The first kappa shape index (κ1) is 19.6. The lowest BCUT2D eigenvalue weighted by Crippen LogP contribution is -2.35. The monoisotopic (exact) mass is 376 g/mol. The summed E-state index contributed by atoms with van der Waals surface area (Å²) in [4.78, 5) is 14.9. The summed E-state index contributed by atoms with van der Waals surface area (Å²) in [6, 6.07) is 6.35. The molecule has 144 valence electrons. The van der Waals surface area contributed by atoms with Crippen LogP contribution >= 0.6 is 0 Å². The highest BCUT2D eigenvalue weighted by Gasteiger charge is 2.31. The van der Waals surface area contributed by atoms with Crippen LogP contribution in [-0.4, -0.2) is 21.4 Å². The molecule has 1 amide bonds. The molecule has 1 saturated carbocycles.